The van der Waals surface area contributed by atoms with Crippen molar-refractivity contribution in [3.8, 4) is 17.3 Å². The van der Waals surface area contributed by atoms with Crippen molar-refractivity contribution in [1.82, 2.24) is 25.0 Å². The van der Waals surface area contributed by atoms with Crippen molar-refractivity contribution in [1.29, 1.82) is 0 Å². The maximum Gasteiger partial charge on any atom is 0.278 e. The normalized spacial score (nSPS) is 14.9. The highest BCUT2D eigenvalue weighted by molar-refractivity contribution is 5.97. The van der Waals surface area contributed by atoms with E-state index in [0.29, 0.717) is 41.8 Å². The summed E-state index contributed by atoms with van der Waals surface area (Å²) in [4.78, 5) is 27.6. The fourth-order valence-corrected chi connectivity index (χ4v) is 3.34. The van der Waals surface area contributed by atoms with Gasteiger partial charge in [0.1, 0.15) is 11.4 Å². The second kappa shape index (κ2) is 7.75. The summed E-state index contributed by atoms with van der Waals surface area (Å²) in [5.41, 5.74) is 1.98. The average molecular weight is 379 g/mol. The minimum absolute atomic E-state index is 0.0142. The number of aromatic nitrogens is 4. The predicted molar refractivity (Wildman–Crippen MR) is 101 cm³/mol. The Morgan fingerprint density at radius 1 is 1.18 bits per heavy atom. The van der Waals surface area contributed by atoms with E-state index in [1.54, 1.807) is 31.6 Å². The SMILES string of the molecule is COc1ccccc1C(=O)N1CCC(c2noc(-c3cnc(C)cn3)n2)CC1. The van der Waals surface area contributed by atoms with Gasteiger partial charge in [0.05, 0.1) is 24.6 Å². The molecule has 0 saturated carbocycles. The zero-order valence-corrected chi connectivity index (χ0v) is 15.8. The van der Waals surface area contributed by atoms with Crippen molar-refractivity contribution in [2.45, 2.75) is 25.7 Å². The Labute approximate surface area is 162 Å². The van der Waals surface area contributed by atoms with E-state index in [1.165, 1.54) is 0 Å². The van der Waals surface area contributed by atoms with Gasteiger partial charge < -0.3 is 14.2 Å². The molecule has 1 aliphatic rings. The zero-order valence-electron chi connectivity index (χ0n) is 15.8. The van der Waals surface area contributed by atoms with Crippen LogP contribution in [0.25, 0.3) is 11.6 Å². The van der Waals surface area contributed by atoms with E-state index in [0.717, 1.165) is 18.5 Å². The molecule has 0 radical (unpaired) electrons. The van der Waals surface area contributed by atoms with Crippen LogP contribution in [-0.4, -0.2) is 51.1 Å². The highest BCUT2D eigenvalue weighted by Gasteiger charge is 2.28. The Hall–Kier alpha value is -3.29. The number of amides is 1. The van der Waals surface area contributed by atoms with Gasteiger partial charge in [-0.1, -0.05) is 17.3 Å². The van der Waals surface area contributed by atoms with Crippen LogP contribution in [0.15, 0.2) is 41.2 Å². The van der Waals surface area contributed by atoms with E-state index >= 15 is 0 Å². The van der Waals surface area contributed by atoms with Crippen LogP contribution in [-0.2, 0) is 0 Å². The average Bonchev–Trinajstić information content (AvgIpc) is 3.24. The molecule has 0 atom stereocenters. The molecule has 0 N–H and O–H groups in total. The molecular weight excluding hydrogens is 358 g/mol. The second-order valence-corrected chi connectivity index (χ2v) is 6.77. The largest absolute Gasteiger partial charge is 0.496 e. The van der Waals surface area contributed by atoms with Gasteiger partial charge in [-0.05, 0) is 31.9 Å². The van der Waals surface area contributed by atoms with Gasteiger partial charge in [0.2, 0.25) is 0 Å². The molecule has 1 aromatic carbocycles. The first-order chi connectivity index (χ1) is 13.7. The first-order valence-corrected chi connectivity index (χ1v) is 9.20. The number of hydrogen-bond acceptors (Lipinski definition) is 7. The van der Waals surface area contributed by atoms with Crippen molar-refractivity contribution in [2.75, 3.05) is 20.2 Å². The zero-order chi connectivity index (χ0) is 19.5. The van der Waals surface area contributed by atoms with Crippen molar-refractivity contribution >= 4 is 5.91 Å². The van der Waals surface area contributed by atoms with Gasteiger partial charge in [-0.15, -0.1) is 0 Å². The van der Waals surface area contributed by atoms with Crippen LogP contribution in [0.5, 0.6) is 5.75 Å². The fraction of sp³-hybridized carbons (Fsp3) is 0.350. The van der Waals surface area contributed by atoms with E-state index in [-0.39, 0.29) is 11.8 Å². The quantitative estimate of drug-likeness (QED) is 0.688. The minimum atomic E-state index is -0.0142. The highest BCUT2D eigenvalue weighted by atomic mass is 16.5. The molecule has 2 aromatic heterocycles. The number of aryl methyl sites for hydroxylation is 1. The molecule has 1 fully saturated rings. The minimum Gasteiger partial charge on any atom is -0.496 e. The van der Waals surface area contributed by atoms with E-state index in [2.05, 4.69) is 20.1 Å². The molecule has 28 heavy (non-hydrogen) atoms. The Morgan fingerprint density at radius 3 is 2.68 bits per heavy atom. The van der Waals surface area contributed by atoms with Crippen LogP contribution in [0.2, 0.25) is 0 Å². The molecule has 3 aromatic rings. The third-order valence-electron chi connectivity index (χ3n) is 4.93. The number of rotatable bonds is 4. The van der Waals surface area contributed by atoms with Gasteiger partial charge in [-0.3, -0.25) is 9.78 Å². The van der Waals surface area contributed by atoms with Crippen LogP contribution in [0.4, 0.5) is 0 Å². The third-order valence-corrected chi connectivity index (χ3v) is 4.93. The van der Waals surface area contributed by atoms with Gasteiger partial charge >= 0.3 is 0 Å². The first-order valence-electron chi connectivity index (χ1n) is 9.20. The number of piperidine rings is 1. The summed E-state index contributed by atoms with van der Waals surface area (Å²) in [6, 6.07) is 7.29. The summed E-state index contributed by atoms with van der Waals surface area (Å²) in [5.74, 6) is 1.76. The molecular formula is C20H21N5O3. The molecule has 8 nitrogen and oxygen atoms in total. The van der Waals surface area contributed by atoms with E-state index in [4.69, 9.17) is 9.26 Å². The van der Waals surface area contributed by atoms with Gasteiger partial charge in [-0.25, -0.2) is 4.98 Å². The lowest BCUT2D eigenvalue weighted by Crippen LogP contribution is -2.38. The highest BCUT2D eigenvalue weighted by Crippen LogP contribution is 2.29. The number of benzene rings is 1. The molecule has 0 aliphatic carbocycles. The van der Waals surface area contributed by atoms with Gasteiger partial charge in [0.25, 0.3) is 11.8 Å². The molecule has 144 valence electrons. The van der Waals surface area contributed by atoms with Gasteiger partial charge in [0, 0.05) is 25.2 Å². The van der Waals surface area contributed by atoms with Crippen molar-refractivity contribution in [3.05, 3.63) is 53.7 Å². The summed E-state index contributed by atoms with van der Waals surface area (Å²) < 4.78 is 10.7. The van der Waals surface area contributed by atoms with Crippen LogP contribution >= 0.6 is 0 Å². The first kappa shape index (κ1) is 18.1. The number of hydrogen-bond donors (Lipinski definition) is 0. The second-order valence-electron chi connectivity index (χ2n) is 6.77. The number of ether oxygens (including phenoxy) is 1. The maximum atomic E-state index is 12.8. The molecule has 8 heteroatoms. The van der Waals surface area contributed by atoms with Crippen LogP contribution in [0, 0.1) is 6.92 Å². The van der Waals surface area contributed by atoms with Crippen molar-refractivity contribution < 1.29 is 14.1 Å². The monoisotopic (exact) mass is 379 g/mol. The lowest BCUT2D eigenvalue weighted by molar-refractivity contribution is 0.0707. The number of carbonyl (C=O) groups excluding carboxylic acids is 1. The van der Waals surface area contributed by atoms with Crippen molar-refractivity contribution in [2.24, 2.45) is 0 Å². The molecule has 1 saturated heterocycles. The Morgan fingerprint density at radius 2 is 1.96 bits per heavy atom. The third kappa shape index (κ3) is 3.58. The number of likely N-dealkylation sites (tertiary alicyclic amines) is 1. The van der Waals surface area contributed by atoms with Crippen LogP contribution < -0.4 is 4.74 Å². The Kier molecular flexibility index (Phi) is 5.01. The molecule has 1 aliphatic heterocycles. The molecule has 4 rings (SSSR count). The van der Waals surface area contributed by atoms with Gasteiger partial charge in [-0.2, -0.15) is 4.98 Å². The van der Waals surface area contributed by atoms with E-state index < -0.39 is 0 Å². The van der Waals surface area contributed by atoms with E-state index in [9.17, 15) is 4.79 Å². The summed E-state index contributed by atoms with van der Waals surface area (Å²) in [5, 5.41) is 4.12. The standard InChI is InChI=1S/C20H21N5O3/c1-13-11-22-16(12-21-13)19-23-18(24-28-19)14-7-9-25(10-8-14)20(26)15-5-3-4-6-17(15)27-2/h3-6,11-12,14H,7-10H2,1-2H3. The molecule has 0 spiro atoms. The maximum absolute atomic E-state index is 12.8. The molecule has 0 bridgehead atoms. The summed E-state index contributed by atoms with van der Waals surface area (Å²) in [6.45, 7) is 3.14. The Balaban J connectivity index is 1.42. The van der Waals surface area contributed by atoms with Crippen LogP contribution in [0.1, 0.15) is 40.6 Å². The predicted octanol–water partition coefficient (Wildman–Crippen LogP) is 2.86. The molecule has 1 amide bonds. The number of methoxy groups -OCH3 is 1. The van der Waals surface area contributed by atoms with Crippen LogP contribution in [0.3, 0.4) is 0 Å². The summed E-state index contributed by atoms with van der Waals surface area (Å²) >= 11 is 0. The molecule has 0 unspecified atom stereocenters. The van der Waals surface area contributed by atoms with Crippen molar-refractivity contribution in [3.63, 3.8) is 0 Å². The number of carbonyl (C=O) groups is 1. The smallest absolute Gasteiger partial charge is 0.278 e. The summed E-state index contributed by atoms with van der Waals surface area (Å²) in [7, 11) is 1.57. The van der Waals surface area contributed by atoms with E-state index in [1.807, 2.05) is 24.0 Å². The topological polar surface area (TPSA) is 94.2 Å². The van der Waals surface area contributed by atoms with Gasteiger partial charge in [0.15, 0.2) is 5.82 Å². The Bertz CT molecular complexity index is 962. The lowest BCUT2D eigenvalue weighted by atomic mass is 9.95. The number of para-hydroxylation sites is 1. The molecule has 3 heterocycles. The lowest BCUT2D eigenvalue weighted by Gasteiger charge is -2.31. The number of nitrogens with zero attached hydrogens (tertiary/aromatic N) is 5. The summed E-state index contributed by atoms with van der Waals surface area (Å²) in [6.07, 6.45) is 4.85. The fourth-order valence-electron chi connectivity index (χ4n) is 3.34.